The fourth-order valence-corrected chi connectivity index (χ4v) is 2.92. The first-order valence-electron chi connectivity index (χ1n) is 7.99. The highest BCUT2D eigenvalue weighted by Crippen LogP contribution is 2.22. The number of carboxylic acids is 1. The number of aliphatic carboxylic acids is 1. The minimum absolute atomic E-state index is 0.324. The highest BCUT2D eigenvalue weighted by atomic mass is 19.1. The second kappa shape index (κ2) is 7.57. The van der Waals surface area contributed by atoms with Gasteiger partial charge in [-0.2, -0.15) is 5.10 Å². The smallest absolute Gasteiger partial charge is 0.325 e. The van der Waals surface area contributed by atoms with Crippen molar-refractivity contribution in [2.24, 2.45) is 0 Å². The van der Waals surface area contributed by atoms with Crippen molar-refractivity contribution < 1.29 is 14.3 Å². The number of rotatable bonds is 7. The van der Waals surface area contributed by atoms with E-state index in [1.165, 1.54) is 6.07 Å². The molecule has 130 valence electrons. The van der Waals surface area contributed by atoms with Gasteiger partial charge >= 0.3 is 5.97 Å². The van der Waals surface area contributed by atoms with Crippen LogP contribution in [0.15, 0.2) is 24.3 Å². The molecular weight excluding hydrogens is 309 g/mol. The summed E-state index contributed by atoms with van der Waals surface area (Å²) in [5.74, 6) is -1.26. The molecule has 0 amide bonds. The Bertz CT molecular complexity index is 727. The monoisotopic (exact) mass is 333 g/mol. The van der Waals surface area contributed by atoms with Gasteiger partial charge in [0.1, 0.15) is 11.9 Å². The molecule has 5 nitrogen and oxygen atoms in total. The first kappa shape index (κ1) is 18.1. The van der Waals surface area contributed by atoms with E-state index in [1.807, 2.05) is 24.6 Å². The Hall–Kier alpha value is -2.21. The van der Waals surface area contributed by atoms with Crippen LogP contribution < -0.4 is 0 Å². The van der Waals surface area contributed by atoms with Crippen LogP contribution >= 0.6 is 0 Å². The summed E-state index contributed by atoms with van der Waals surface area (Å²) in [7, 11) is 1.78. The number of hydrogen-bond acceptors (Lipinski definition) is 3. The molecule has 0 saturated heterocycles. The molecule has 2 aromatic rings. The van der Waals surface area contributed by atoms with Crippen LogP contribution in [0.25, 0.3) is 0 Å². The van der Waals surface area contributed by atoms with Gasteiger partial charge in [-0.05, 0) is 57.5 Å². The van der Waals surface area contributed by atoms with E-state index in [0.29, 0.717) is 17.7 Å². The third-order valence-electron chi connectivity index (χ3n) is 4.16. The highest BCUT2D eigenvalue weighted by molar-refractivity contribution is 5.75. The fraction of sp³-hybridized carbons (Fsp3) is 0.444. The van der Waals surface area contributed by atoms with Gasteiger partial charge in [0, 0.05) is 18.8 Å². The number of benzene rings is 1. The molecule has 1 heterocycles. The van der Waals surface area contributed by atoms with Crippen LogP contribution in [-0.4, -0.2) is 39.3 Å². The van der Waals surface area contributed by atoms with E-state index in [4.69, 9.17) is 0 Å². The van der Waals surface area contributed by atoms with Gasteiger partial charge in [-0.3, -0.25) is 14.4 Å². The molecule has 6 heteroatoms. The SMILES string of the molecule is Cc1cc(C)n(CCCN(C)[C@H](C(=O)O)c2ccc(F)c(C)c2)n1. The molecule has 0 saturated carbocycles. The van der Waals surface area contributed by atoms with E-state index in [0.717, 1.165) is 24.4 Å². The summed E-state index contributed by atoms with van der Waals surface area (Å²) in [6, 6.07) is 5.70. The Balaban J connectivity index is 2.03. The van der Waals surface area contributed by atoms with Crippen molar-refractivity contribution in [1.29, 1.82) is 0 Å². The van der Waals surface area contributed by atoms with Gasteiger partial charge in [0.05, 0.1) is 5.69 Å². The first-order valence-corrected chi connectivity index (χ1v) is 7.99. The van der Waals surface area contributed by atoms with Crippen LogP contribution in [0.1, 0.15) is 35.0 Å². The molecule has 24 heavy (non-hydrogen) atoms. The van der Waals surface area contributed by atoms with E-state index >= 15 is 0 Å². The van der Waals surface area contributed by atoms with Crippen LogP contribution in [0.5, 0.6) is 0 Å². The highest BCUT2D eigenvalue weighted by Gasteiger charge is 2.25. The number of aromatic nitrogens is 2. The molecule has 1 aromatic heterocycles. The summed E-state index contributed by atoms with van der Waals surface area (Å²) in [6.07, 6.45) is 0.780. The fourth-order valence-electron chi connectivity index (χ4n) is 2.92. The Morgan fingerprint density at radius 2 is 2.04 bits per heavy atom. The van der Waals surface area contributed by atoms with Crippen molar-refractivity contribution in [3.63, 3.8) is 0 Å². The minimum Gasteiger partial charge on any atom is -0.480 e. The number of nitrogens with zero attached hydrogens (tertiary/aromatic N) is 3. The molecule has 0 radical (unpaired) electrons. The van der Waals surface area contributed by atoms with E-state index in [1.54, 1.807) is 31.0 Å². The number of hydrogen-bond donors (Lipinski definition) is 1. The average Bonchev–Trinajstić information content (AvgIpc) is 2.80. The Kier molecular flexibility index (Phi) is 5.72. The quantitative estimate of drug-likeness (QED) is 0.846. The van der Waals surface area contributed by atoms with Gasteiger partial charge in [-0.1, -0.05) is 12.1 Å². The van der Waals surface area contributed by atoms with E-state index in [9.17, 15) is 14.3 Å². The summed E-state index contributed by atoms with van der Waals surface area (Å²) >= 11 is 0. The van der Waals surface area contributed by atoms with Crippen molar-refractivity contribution in [2.75, 3.05) is 13.6 Å². The number of aryl methyl sites for hydroxylation is 4. The van der Waals surface area contributed by atoms with E-state index in [-0.39, 0.29) is 5.82 Å². The summed E-state index contributed by atoms with van der Waals surface area (Å²) in [5.41, 5.74) is 3.12. The van der Waals surface area contributed by atoms with Gasteiger partial charge in [-0.15, -0.1) is 0 Å². The molecule has 0 spiro atoms. The van der Waals surface area contributed by atoms with Crippen LogP contribution in [0, 0.1) is 26.6 Å². The Morgan fingerprint density at radius 3 is 2.58 bits per heavy atom. The molecular formula is C18H24FN3O2. The number of halogens is 1. The zero-order chi connectivity index (χ0) is 17.9. The molecule has 0 fully saturated rings. The van der Waals surface area contributed by atoms with Gasteiger partial charge in [0.25, 0.3) is 0 Å². The Morgan fingerprint density at radius 1 is 1.33 bits per heavy atom. The van der Waals surface area contributed by atoms with Gasteiger partial charge in [-0.25, -0.2) is 4.39 Å². The number of carbonyl (C=O) groups is 1. The van der Waals surface area contributed by atoms with Crippen molar-refractivity contribution in [3.8, 4) is 0 Å². The van der Waals surface area contributed by atoms with Crippen LogP contribution in [0.4, 0.5) is 4.39 Å². The number of carboxylic acid groups (broad SMARTS) is 1. The second-order valence-electron chi connectivity index (χ2n) is 6.23. The molecule has 0 aliphatic heterocycles. The topological polar surface area (TPSA) is 58.4 Å². The summed E-state index contributed by atoms with van der Waals surface area (Å²) in [4.78, 5) is 13.5. The number of likely N-dealkylation sites (N-methyl/N-ethyl adjacent to an activating group) is 1. The van der Waals surface area contributed by atoms with Crippen molar-refractivity contribution in [3.05, 3.63) is 52.6 Å². The van der Waals surface area contributed by atoms with Gasteiger partial charge < -0.3 is 5.11 Å². The normalized spacial score (nSPS) is 12.6. The molecule has 1 aromatic carbocycles. The Labute approximate surface area is 141 Å². The zero-order valence-corrected chi connectivity index (χ0v) is 14.6. The largest absolute Gasteiger partial charge is 0.480 e. The summed E-state index contributed by atoms with van der Waals surface area (Å²) in [6.45, 7) is 6.93. The van der Waals surface area contributed by atoms with Crippen molar-refractivity contribution in [2.45, 2.75) is 39.8 Å². The molecule has 0 bridgehead atoms. The second-order valence-corrected chi connectivity index (χ2v) is 6.23. The van der Waals surface area contributed by atoms with Crippen LogP contribution in [0.2, 0.25) is 0 Å². The molecule has 0 aliphatic carbocycles. The van der Waals surface area contributed by atoms with Crippen molar-refractivity contribution >= 4 is 5.97 Å². The lowest BCUT2D eigenvalue weighted by Gasteiger charge is -2.25. The van der Waals surface area contributed by atoms with E-state index < -0.39 is 12.0 Å². The summed E-state index contributed by atoms with van der Waals surface area (Å²) in [5, 5.41) is 14.0. The molecule has 0 aliphatic rings. The first-order chi connectivity index (χ1) is 11.3. The molecule has 2 rings (SSSR count). The maximum Gasteiger partial charge on any atom is 0.325 e. The maximum atomic E-state index is 13.4. The molecule has 1 N–H and O–H groups in total. The third-order valence-corrected chi connectivity index (χ3v) is 4.16. The summed E-state index contributed by atoms with van der Waals surface area (Å²) < 4.78 is 15.4. The molecule has 1 atom stereocenters. The lowest BCUT2D eigenvalue weighted by atomic mass is 10.0. The van der Waals surface area contributed by atoms with E-state index in [2.05, 4.69) is 5.10 Å². The third kappa shape index (κ3) is 4.20. The lowest BCUT2D eigenvalue weighted by molar-refractivity contribution is -0.143. The predicted molar refractivity (Wildman–Crippen MR) is 90.5 cm³/mol. The predicted octanol–water partition coefficient (Wildman–Crippen LogP) is 3.10. The zero-order valence-electron chi connectivity index (χ0n) is 14.6. The van der Waals surface area contributed by atoms with Crippen LogP contribution in [-0.2, 0) is 11.3 Å². The van der Waals surface area contributed by atoms with Gasteiger partial charge in [0.2, 0.25) is 0 Å². The average molecular weight is 333 g/mol. The lowest BCUT2D eigenvalue weighted by Crippen LogP contribution is -2.32. The minimum atomic E-state index is -0.936. The van der Waals surface area contributed by atoms with Crippen LogP contribution in [0.3, 0.4) is 0 Å². The standard InChI is InChI=1S/C18H24FN3O2/c1-12-10-15(6-7-16(12)19)17(18(23)24)21(4)8-5-9-22-14(3)11-13(2)20-22/h6-7,10-11,17H,5,8-9H2,1-4H3,(H,23,24)/t17-/m0/s1. The van der Waals surface area contributed by atoms with Gasteiger partial charge in [0.15, 0.2) is 0 Å². The molecule has 0 unspecified atom stereocenters. The maximum absolute atomic E-state index is 13.4. The van der Waals surface area contributed by atoms with Crippen molar-refractivity contribution in [1.82, 2.24) is 14.7 Å².